The average molecular weight is 227 g/mol. The summed E-state index contributed by atoms with van der Waals surface area (Å²) >= 11 is 5.77. The van der Waals surface area contributed by atoms with Crippen molar-refractivity contribution in [3.63, 3.8) is 0 Å². The van der Waals surface area contributed by atoms with Gasteiger partial charge in [0, 0.05) is 24.1 Å². The van der Waals surface area contributed by atoms with E-state index in [9.17, 15) is 0 Å². The van der Waals surface area contributed by atoms with Gasteiger partial charge in [0.25, 0.3) is 0 Å². The SMILES string of the molecule is Cc1nc(C2(C)CCCO2)ncc1CCl. The summed E-state index contributed by atoms with van der Waals surface area (Å²) in [6.07, 6.45) is 3.88. The third-order valence-corrected chi connectivity index (χ3v) is 3.20. The summed E-state index contributed by atoms with van der Waals surface area (Å²) in [6.45, 7) is 4.81. The van der Waals surface area contributed by atoms with Gasteiger partial charge in [0.15, 0.2) is 5.82 Å². The minimum Gasteiger partial charge on any atom is -0.367 e. The number of ether oxygens (including phenoxy) is 1. The van der Waals surface area contributed by atoms with E-state index < -0.39 is 0 Å². The van der Waals surface area contributed by atoms with Crippen LogP contribution >= 0.6 is 11.6 Å². The Morgan fingerprint density at radius 2 is 2.40 bits per heavy atom. The first-order valence-electron chi connectivity index (χ1n) is 5.18. The second-order valence-corrected chi connectivity index (χ2v) is 4.39. The molecule has 1 aliphatic heterocycles. The molecular weight excluding hydrogens is 212 g/mol. The smallest absolute Gasteiger partial charge is 0.160 e. The summed E-state index contributed by atoms with van der Waals surface area (Å²) in [4.78, 5) is 8.82. The molecule has 0 aliphatic carbocycles. The molecule has 0 aromatic carbocycles. The predicted octanol–water partition coefficient (Wildman–Crippen LogP) is 2.55. The lowest BCUT2D eigenvalue weighted by Gasteiger charge is -2.21. The van der Waals surface area contributed by atoms with E-state index in [1.54, 1.807) is 6.20 Å². The van der Waals surface area contributed by atoms with Gasteiger partial charge in [-0.05, 0) is 26.7 Å². The van der Waals surface area contributed by atoms with E-state index in [0.29, 0.717) is 5.88 Å². The Labute approximate surface area is 94.8 Å². The van der Waals surface area contributed by atoms with Crippen LogP contribution in [0.2, 0.25) is 0 Å². The van der Waals surface area contributed by atoms with Crippen molar-refractivity contribution >= 4 is 11.6 Å². The zero-order valence-electron chi connectivity index (χ0n) is 9.09. The predicted molar refractivity (Wildman–Crippen MR) is 58.9 cm³/mol. The number of nitrogens with zero attached hydrogens (tertiary/aromatic N) is 2. The van der Waals surface area contributed by atoms with Crippen molar-refractivity contribution in [1.82, 2.24) is 9.97 Å². The van der Waals surface area contributed by atoms with E-state index in [4.69, 9.17) is 16.3 Å². The summed E-state index contributed by atoms with van der Waals surface area (Å²) in [5.74, 6) is 1.25. The standard InChI is InChI=1S/C11H15ClN2O/c1-8-9(6-12)7-13-10(14-8)11(2)4-3-5-15-11/h7H,3-6H2,1-2H3. The lowest BCUT2D eigenvalue weighted by molar-refractivity contribution is 0.00916. The molecule has 1 aromatic rings. The van der Waals surface area contributed by atoms with Crippen LogP contribution in [0.1, 0.15) is 36.8 Å². The largest absolute Gasteiger partial charge is 0.367 e. The molecule has 0 radical (unpaired) electrons. The quantitative estimate of drug-likeness (QED) is 0.727. The summed E-state index contributed by atoms with van der Waals surface area (Å²) in [7, 11) is 0. The molecule has 0 saturated carbocycles. The van der Waals surface area contributed by atoms with Crippen molar-refractivity contribution in [1.29, 1.82) is 0 Å². The molecule has 1 aliphatic rings. The number of alkyl halides is 1. The highest BCUT2D eigenvalue weighted by Crippen LogP contribution is 2.33. The van der Waals surface area contributed by atoms with E-state index in [1.807, 2.05) is 6.92 Å². The number of rotatable bonds is 2. The van der Waals surface area contributed by atoms with Crippen LogP contribution in [-0.2, 0) is 16.2 Å². The molecule has 0 N–H and O–H groups in total. The fraction of sp³-hybridized carbons (Fsp3) is 0.636. The van der Waals surface area contributed by atoms with E-state index in [2.05, 4.69) is 16.9 Å². The van der Waals surface area contributed by atoms with Gasteiger partial charge in [0.2, 0.25) is 0 Å². The third kappa shape index (κ3) is 1.99. The Bertz CT molecular complexity index is 362. The van der Waals surface area contributed by atoms with E-state index in [1.165, 1.54) is 0 Å². The molecule has 15 heavy (non-hydrogen) atoms. The van der Waals surface area contributed by atoms with Crippen molar-refractivity contribution in [2.75, 3.05) is 6.61 Å². The van der Waals surface area contributed by atoms with E-state index in [-0.39, 0.29) is 5.60 Å². The highest BCUT2D eigenvalue weighted by molar-refractivity contribution is 6.17. The molecule has 1 fully saturated rings. The molecule has 0 bridgehead atoms. The van der Waals surface area contributed by atoms with Gasteiger partial charge < -0.3 is 4.74 Å². The minimum absolute atomic E-state index is 0.296. The highest BCUT2D eigenvalue weighted by Gasteiger charge is 2.34. The minimum atomic E-state index is -0.296. The van der Waals surface area contributed by atoms with Gasteiger partial charge in [-0.3, -0.25) is 0 Å². The van der Waals surface area contributed by atoms with Gasteiger partial charge in [-0.1, -0.05) is 0 Å². The summed E-state index contributed by atoms with van der Waals surface area (Å²) in [6, 6.07) is 0. The topological polar surface area (TPSA) is 35.0 Å². The second-order valence-electron chi connectivity index (χ2n) is 4.12. The normalized spacial score (nSPS) is 25.8. The molecule has 82 valence electrons. The van der Waals surface area contributed by atoms with Crippen molar-refractivity contribution in [2.24, 2.45) is 0 Å². The van der Waals surface area contributed by atoms with Crippen LogP contribution < -0.4 is 0 Å². The van der Waals surface area contributed by atoms with Crippen molar-refractivity contribution < 1.29 is 4.74 Å². The molecule has 2 rings (SSSR count). The van der Waals surface area contributed by atoms with Crippen molar-refractivity contribution in [3.8, 4) is 0 Å². The van der Waals surface area contributed by atoms with Gasteiger partial charge in [-0.15, -0.1) is 11.6 Å². The molecular formula is C11H15ClN2O. The molecule has 1 aromatic heterocycles. The van der Waals surface area contributed by atoms with Crippen LogP contribution in [0, 0.1) is 6.92 Å². The van der Waals surface area contributed by atoms with Crippen LogP contribution in [0.3, 0.4) is 0 Å². The molecule has 1 atom stereocenters. The van der Waals surface area contributed by atoms with E-state index >= 15 is 0 Å². The molecule has 4 heteroatoms. The molecule has 0 spiro atoms. The molecule has 1 unspecified atom stereocenters. The Balaban J connectivity index is 2.33. The van der Waals surface area contributed by atoms with Gasteiger partial charge in [0.1, 0.15) is 5.60 Å². The first-order chi connectivity index (χ1) is 7.15. The number of hydrogen-bond acceptors (Lipinski definition) is 3. The van der Waals surface area contributed by atoms with Crippen LogP contribution in [0.4, 0.5) is 0 Å². The van der Waals surface area contributed by atoms with Crippen molar-refractivity contribution in [2.45, 2.75) is 38.2 Å². The molecule has 1 saturated heterocycles. The van der Waals surface area contributed by atoms with Crippen LogP contribution in [0.15, 0.2) is 6.20 Å². The highest BCUT2D eigenvalue weighted by atomic mass is 35.5. The molecule has 3 nitrogen and oxygen atoms in total. The zero-order valence-corrected chi connectivity index (χ0v) is 9.84. The van der Waals surface area contributed by atoms with Crippen LogP contribution in [-0.4, -0.2) is 16.6 Å². The summed E-state index contributed by atoms with van der Waals surface area (Å²) in [5.41, 5.74) is 1.64. The first-order valence-corrected chi connectivity index (χ1v) is 5.72. The lowest BCUT2D eigenvalue weighted by atomic mass is 10.0. The van der Waals surface area contributed by atoms with Gasteiger partial charge in [-0.2, -0.15) is 0 Å². The monoisotopic (exact) mass is 226 g/mol. The fourth-order valence-electron chi connectivity index (χ4n) is 1.83. The molecule has 0 amide bonds. The van der Waals surface area contributed by atoms with Gasteiger partial charge >= 0.3 is 0 Å². The maximum atomic E-state index is 5.77. The van der Waals surface area contributed by atoms with Crippen LogP contribution in [0.25, 0.3) is 0 Å². The Kier molecular flexibility index (Phi) is 2.94. The number of aromatic nitrogens is 2. The Morgan fingerprint density at radius 3 is 2.93 bits per heavy atom. The summed E-state index contributed by atoms with van der Waals surface area (Å²) < 4.78 is 5.70. The third-order valence-electron chi connectivity index (χ3n) is 2.92. The van der Waals surface area contributed by atoms with Gasteiger partial charge in [-0.25, -0.2) is 9.97 Å². The van der Waals surface area contributed by atoms with Gasteiger partial charge in [0.05, 0.1) is 5.88 Å². The maximum absolute atomic E-state index is 5.77. The number of hydrogen-bond donors (Lipinski definition) is 0. The number of halogens is 1. The average Bonchev–Trinajstić information content (AvgIpc) is 2.66. The Morgan fingerprint density at radius 1 is 1.60 bits per heavy atom. The number of aryl methyl sites for hydroxylation is 1. The Hall–Kier alpha value is -0.670. The second kappa shape index (κ2) is 4.06. The zero-order chi connectivity index (χ0) is 10.9. The maximum Gasteiger partial charge on any atom is 0.160 e. The van der Waals surface area contributed by atoms with Crippen molar-refractivity contribution in [3.05, 3.63) is 23.3 Å². The molecule has 2 heterocycles. The van der Waals surface area contributed by atoms with E-state index in [0.717, 1.165) is 36.5 Å². The lowest BCUT2D eigenvalue weighted by Crippen LogP contribution is -2.24. The first kappa shape index (κ1) is 10.8. The fourth-order valence-corrected chi connectivity index (χ4v) is 2.10. The summed E-state index contributed by atoms with van der Waals surface area (Å²) in [5, 5.41) is 0. The van der Waals surface area contributed by atoms with Crippen LogP contribution in [0.5, 0.6) is 0 Å².